The SMILES string of the molecule is CB1NN(C)B(C)S1. The van der Waals surface area contributed by atoms with Crippen LogP contribution in [0.2, 0.25) is 13.6 Å². The van der Waals surface area contributed by atoms with Crippen LogP contribution in [0.15, 0.2) is 0 Å². The molecule has 1 saturated heterocycles. The summed E-state index contributed by atoms with van der Waals surface area (Å²) in [4.78, 5) is 2.13. The van der Waals surface area contributed by atoms with Crippen molar-refractivity contribution in [1.82, 2.24) is 10.3 Å². The molecule has 0 radical (unpaired) electrons. The van der Waals surface area contributed by atoms with Crippen LogP contribution in [0.1, 0.15) is 0 Å². The maximum Gasteiger partial charge on any atom is 0.292 e. The van der Waals surface area contributed by atoms with E-state index in [9.17, 15) is 0 Å². The smallest absolute Gasteiger partial charge is 0.292 e. The molecule has 0 spiro atoms. The molecule has 44 valence electrons. The minimum atomic E-state index is 0.593. The van der Waals surface area contributed by atoms with E-state index in [0.717, 1.165) is 0 Å². The molecule has 1 aliphatic rings. The summed E-state index contributed by atoms with van der Waals surface area (Å²) in [5.74, 6) is 0. The van der Waals surface area contributed by atoms with E-state index in [-0.39, 0.29) is 0 Å². The predicted molar refractivity (Wildman–Crippen MR) is 41.7 cm³/mol. The topological polar surface area (TPSA) is 15.3 Å². The molecule has 1 aliphatic heterocycles. The largest absolute Gasteiger partial charge is 0.293 e. The number of hydrogen-bond acceptors (Lipinski definition) is 3. The van der Waals surface area contributed by atoms with Crippen molar-refractivity contribution < 1.29 is 0 Å². The molecule has 0 aromatic carbocycles. The first-order valence-corrected chi connectivity index (χ1v) is 3.79. The second-order valence-corrected chi connectivity index (χ2v) is 3.78. The fourth-order valence-corrected chi connectivity index (χ4v) is 1.87. The van der Waals surface area contributed by atoms with Crippen LogP contribution in [0, 0.1) is 0 Å². The van der Waals surface area contributed by atoms with E-state index >= 15 is 0 Å². The van der Waals surface area contributed by atoms with Crippen LogP contribution < -0.4 is 5.34 Å². The van der Waals surface area contributed by atoms with Gasteiger partial charge in [-0.1, -0.05) is 13.6 Å². The van der Waals surface area contributed by atoms with Gasteiger partial charge in [0.2, 0.25) is 0 Å². The van der Waals surface area contributed by atoms with Crippen LogP contribution >= 0.6 is 11.5 Å². The Hall–Kier alpha value is 0.400. The molecule has 1 heterocycles. The second-order valence-electron chi connectivity index (χ2n) is 2.12. The van der Waals surface area contributed by atoms with Crippen LogP contribution in [0.3, 0.4) is 0 Å². The quantitative estimate of drug-likeness (QED) is 0.475. The van der Waals surface area contributed by atoms with Crippen LogP contribution in [-0.4, -0.2) is 24.2 Å². The van der Waals surface area contributed by atoms with Gasteiger partial charge in [0, 0.05) is 0 Å². The van der Waals surface area contributed by atoms with E-state index in [2.05, 4.69) is 31.0 Å². The minimum Gasteiger partial charge on any atom is -0.293 e. The van der Waals surface area contributed by atoms with Crippen molar-refractivity contribution in [3.8, 4) is 0 Å². The first-order valence-electron chi connectivity index (χ1n) is 2.84. The summed E-state index contributed by atoms with van der Waals surface area (Å²) < 4.78 is 0. The molecule has 1 fully saturated rings. The fraction of sp³-hybridized carbons (Fsp3) is 1.00. The van der Waals surface area contributed by atoms with Crippen molar-refractivity contribution in [2.24, 2.45) is 0 Å². The van der Waals surface area contributed by atoms with Gasteiger partial charge in [-0.2, -0.15) is 0 Å². The van der Waals surface area contributed by atoms with Gasteiger partial charge in [-0.15, -0.1) is 0 Å². The van der Waals surface area contributed by atoms with Crippen molar-refractivity contribution in [3.63, 3.8) is 0 Å². The summed E-state index contributed by atoms with van der Waals surface area (Å²) in [5.41, 5.74) is 0. The Labute approximate surface area is 55.4 Å². The van der Waals surface area contributed by atoms with Gasteiger partial charge < -0.3 is 0 Å². The zero-order valence-corrected chi connectivity index (χ0v) is 6.33. The molecule has 1 rings (SSSR count). The summed E-state index contributed by atoms with van der Waals surface area (Å²) in [6.07, 6.45) is 1.22. The van der Waals surface area contributed by atoms with Crippen molar-refractivity contribution >= 4 is 23.7 Å². The molecule has 8 heavy (non-hydrogen) atoms. The third-order valence-corrected chi connectivity index (χ3v) is 2.56. The molecular formula is C3H10B2N2S. The van der Waals surface area contributed by atoms with E-state index in [1.807, 2.05) is 11.5 Å². The monoisotopic (exact) mass is 128 g/mol. The first kappa shape index (κ1) is 6.52. The van der Waals surface area contributed by atoms with Crippen LogP contribution in [0.5, 0.6) is 0 Å². The number of nitrogens with one attached hydrogen (secondary N) is 1. The molecule has 0 aliphatic carbocycles. The average molecular weight is 128 g/mol. The maximum atomic E-state index is 3.26. The zero-order valence-electron chi connectivity index (χ0n) is 5.51. The van der Waals surface area contributed by atoms with Gasteiger partial charge in [-0.25, -0.2) is 11.5 Å². The van der Waals surface area contributed by atoms with E-state index in [0.29, 0.717) is 12.3 Å². The molecule has 1 N–H and O–H groups in total. The Bertz CT molecular complexity index is 81.4. The lowest BCUT2D eigenvalue weighted by molar-refractivity contribution is 0.503. The molecule has 2 nitrogen and oxygen atoms in total. The van der Waals surface area contributed by atoms with Gasteiger partial charge in [0.1, 0.15) is 0 Å². The van der Waals surface area contributed by atoms with Gasteiger partial charge >= 0.3 is 0 Å². The summed E-state index contributed by atoms with van der Waals surface area (Å²) in [6, 6.07) is 0. The highest BCUT2D eigenvalue weighted by Gasteiger charge is 2.28. The highest BCUT2D eigenvalue weighted by Crippen LogP contribution is 2.17. The lowest BCUT2D eigenvalue weighted by atomic mass is 9.96. The maximum absolute atomic E-state index is 3.26. The van der Waals surface area contributed by atoms with Gasteiger partial charge in [0.15, 0.2) is 0 Å². The molecular weight excluding hydrogens is 118 g/mol. The molecule has 0 aromatic rings. The Morgan fingerprint density at radius 2 is 2.12 bits per heavy atom. The van der Waals surface area contributed by atoms with E-state index in [1.54, 1.807) is 0 Å². The summed E-state index contributed by atoms with van der Waals surface area (Å²) in [6.45, 7) is 4.37. The van der Waals surface area contributed by atoms with Crippen molar-refractivity contribution in [2.75, 3.05) is 7.05 Å². The Morgan fingerprint density at radius 1 is 1.50 bits per heavy atom. The van der Waals surface area contributed by atoms with Crippen LogP contribution in [-0.2, 0) is 0 Å². The molecule has 0 unspecified atom stereocenters. The average Bonchev–Trinajstić information content (AvgIpc) is 1.85. The highest BCUT2D eigenvalue weighted by atomic mass is 32.2. The normalized spacial score (nSPS) is 22.9. The first-order chi connectivity index (χ1) is 3.70. The molecule has 0 aromatic heterocycles. The Kier molecular flexibility index (Phi) is 1.90. The zero-order chi connectivity index (χ0) is 6.15. The summed E-state index contributed by atoms with van der Waals surface area (Å²) in [5, 5.41) is 3.26. The van der Waals surface area contributed by atoms with Crippen molar-refractivity contribution in [3.05, 3.63) is 0 Å². The molecule has 0 saturated carbocycles. The summed E-state index contributed by atoms with van der Waals surface area (Å²) in [7, 11) is 2.07. The molecule has 0 bridgehead atoms. The lowest BCUT2D eigenvalue weighted by Gasteiger charge is -2.10. The van der Waals surface area contributed by atoms with E-state index in [1.165, 1.54) is 0 Å². The lowest BCUT2D eigenvalue weighted by Crippen LogP contribution is -2.37. The summed E-state index contributed by atoms with van der Waals surface area (Å²) >= 11 is 1.94. The fourth-order valence-electron chi connectivity index (χ4n) is 0.809. The minimum absolute atomic E-state index is 0.593. The van der Waals surface area contributed by atoms with Crippen LogP contribution in [0.4, 0.5) is 0 Å². The van der Waals surface area contributed by atoms with Gasteiger partial charge in [-0.3, -0.25) is 10.3 Å². The van der Waals surface area contributed by atoms with Crippen molar-refractivity contribution in [2.45, 2.75) is 13.6 Å². The van der Waals surface area contributed by atoms with Gasteiger partial charge in [0.25, 0.3) is 12.3 Å². The predicted octanol–water partition coefficient (Wildman–Crippen LogP) is 0.406. The number of hydrazine groups is 1. The molecule has 0 atom stereocenters. The van der Waals surface area contributed by atoms with Crippen LogP contribution in [0.25, 0.3) is 0 Å². The number of hydrogen-bond donors (Lipinski definition) is 1. The molecule has 5 heteroatoms. The van der Waals surface area contributed by atoms with Gasteiger partial charge in [0.05, 0.1) is 0 Å². The molecule has 0 amide bonds. The van der Waals surface area contributed by atoms with E-state index < -0.39 is 0 Å². The van der Waals surface area contributed by atoms with E-state index in [4.69, 9.17) is 0 Å². The highest BCUT2D eigenvalue weighted by molar-refractivity contribution is 8.45. The van der Waals surface area contributed by atoms with Gasteiger partial charge in [-0.05, 0) is 7.05 Å². The Balaban J connectivity index is 2.39. The standard InChI is InChI=1S/C3H10B2N2S/c1-4-6-7(3)5(2)8-4/h6H,1-3H3. The third-order valence-electron chi connectivity index (χ3n) is 1.33. The third kappa shape index (κ3) is 1.21. The number of nitrogens with zero attached hydrogens (tertiary/aromatic N) is 1. The second kappa shape index (κ2) is 2.33. The van der Waals surface area contributed by atoms with Crippen molar-refractivity contribution in [1.29, 1.82) is 0 Å². The number of rotatable bonds is 0. The Morgan fingerprint density at radius 3 is 2.25 bits per heavy atom.